The molecule has 0 aromatic carbocycles. The third-order valence-corrected chi connectivity index (χ3v) is 2.14. The van der Waals surface area contributed by atoms with E-state index in [0.29, 0.717) is 18.2 Å². The van der Waals surface area contributed by atoms with Crippen LogP contribution in [0.1, 0.15) is 35.6 Å². The maximum absolute atomic E-state index is 11.6. The third-order valence-electron chi connectivity index (χ3n) is 2.14. The van der Waals surface area contributed by atoms with E-state index in [1.165, 1.54) is 0 Å². The fraction of sp³-hybridized carbons (Fsp3) is 0.600. The Morgan fingerprint density at radius 3 is 2.57 bits per heavy atom. The molecule has 0 fully saturated rings. The Labute approximate surface area is 84.1 Å². The van der Waals surface area contributed by atoms with Gasteiger partial charge in [-0.25, -0.2) is 0 Å². The van der Waals surface area contributed by atoms with Crippen molar-refractivity contribution in [1.29, 1.82) is 0 Å². The summed E-state index contributed by atoms with van der Waals surface area (Å²) in [5.74, 6) is 0.361. The minimum atomic E-state index is -0.0967. The predicted octanol–water partition coefficient (Wildman–Crippen LogP) is 1.41. The van der Waals surface area contributed by atoms with Gasteiger partial charge in [0.25, 0.3) is 5.91 Å². The largest absolute Gasteiger partial charge is 0.350 e. The van der Waals surface area contributed by atoms with Gasteiger partial charge >= 0.3 is 0 Å². The van der Waals surface area contributed by atoms with E-state index in [-0.39, 0.29) is 5.91 Å². The molecule has 1 aromatic heterocycles. The van der Waals surface area contributed by atoms with Crippen LogP contribution in [0.5, 0.6) is 0 Å². The number of rotatable bonds is 3. The first-order valence-corrected chi connectivity index (χ1v) is 4.82. The number of aryl methyl sites for hydroxylation is 1. The summed E-state index contributed by atoms with van der Waals surface area (Å²) in [6, 6.07) is 0. The van der Waals surface area contributed by atoms with E-state index in [2.05, 4.69) is 29.4 Å². The van der Waals surface area contributed by atoms with E-state index in [9.17, 15) is 4.79 Å². The summed E-state index contributed by atoms with van der Waals surface area (Å²) in [4.78, 5) is 11.6. The maximum Gasteiger partial charge on any atom is 0.272 e. The van der Waals surface area contributed by atoms with E-state index in [0.717, 1.165) is 11.3 Å². The highest BCUT2D eigenvalue weighted by molar-refractivity contribution is 5.93. The molecule has 0 bridgehead atoms. The number of aromatic nitrogens is 2. The first-order chi connectivity index (χ1) is 6.52. The lowest BCUT2D eigenvalue weighted by Crippen LogP contribution is -2.28. The molecule has 0 spiro atoms. The number of hydrogen-bond acceptors (Lipinski definition) is 2. The van der Waals surface area contributed by atoms with Crippen molar-refractivity contribution in [1.82, 2.24) is 15.5 Å². The van der Waals surface area contributed by atoms with Crippen molar-refractivity contribution in [2.24, 2.45) is 5.92 Å². The molecular weight excluding hydrogens is 178 g/mol. The van der Waals surface area contributed by atoms with Crippen molar-refractivity contribution in [3.8, 4) is 0 Å². The SMILES string of the molecule is Cc1[nH]nc(C(=O)NCC(C)C)c1C. The number of nitrogens with zero attached hydrogens (tertiary/aromatic N) is 1. The zero-order valence-corrected chi connectivity index (χ0v) is 9.14. The molecular formula is C10H17N3O. The van der Waals surface area contributed by atoms with Crippen molar-refractivity contribution in [3.63, 3.8) is 0 Å². The summed E-state index contributed by atoms with van der Waals surface area (Å²) in [5, 5.41) is 9.58. The van der Waals surface area contributed by atoms with Gasteiger partial charge in [0.1, 0.15) is 0 Å². The fourth-order valence-electron chi connectivity index (χ4n) is 1.09. The van der Waals surface area contributed by atoms with Gasteiger partial charge in [0.15, 0.2) is 5.69 Å². The summed E-state index contributed by atoms with van der Waals surface area (Å²) in [5.41, 5.74) is 2.37. The molecule has 0 radical (unpaired) electrons. The smallest absolute Gasteiger partial charge is 0.272 e. The Bertz CT molecular complexity index is 328. The Morgan fingerprint density at radius 1 is 1.50 bits per heavy atom. The summed E-state index contributed by atoms with van der Waals surface area (Å²) in [6.07, 6.45) is 0. The number of amides is 1. The molecule has 1 heterocycles. The molecule has 14 heavy (non-hydrogen) atoms. The minimum absolute atomic E-state index is 0.0967. The number of carbonyl (C=O) groups excluding carboxylic acids is 1. The lowest BCUT2D eigenvalue weighted by atomic mass is 10.2. The van der Waals surface area contributed by atoms with Gasteiger partial charge in [-0.2, -0.15) is 5.10 Å². The Balaban J connectivity index is 2.66. The predicted molar refractivity (Wildman–Crippen MR) is 55.2 cm³/mol. The van der Waals surface area contributed by atoms with Gasteiger partial charge in [-0.05, 0) is 19.8 Å². The molecule has 1 aromatic rings. The summed E-state index contributed by atoms with van der Waals surface area (Å²) in [7, 11) is 0. The topological polar surface area (TPSA) is 57.8 Å². The van der Waals surface area contributed by atoms with Gasteiger partial charge < -0.3 is 5.32 Å². The van der Waals surface area contributed by atoms with Crippen molar-refractivity contribution in [3.05, 3.63) is 17.0 Å². The van der Waals surface area contributed by atoms with Gasteiger partial charge in [0, 0.05) is 17.8 Å². The second-order valence-corrected chi connectivity index (χ2v) is 3.93. The van der Waals surface area contributed by atoms with Crippen LogP contribution in [0.3, 0.4) is 0 Å². The normalized spacial score (nSPS) is 10.6. The van der Waals surface area contributed by atoms with Gasteiger partial charge in [0.05, 0.1) is 0 Å². The average molecular weight is 195 g/mol. The van der Waals surface area contributed by atoms with E-state index >= 15 is 0 Å². The molecule has 78 valence electrons. The lowest BCUT2D eigenvalue weighted by Gasteiger charge is -2.05. The van der Waals surface area contributed by atoms with Crippen molar-refractivity contribution >= 4 is 5.91 Å². The van der Waals surface area contributed by atoms with Crippen molar-refractivity contribution in [2.45, 2.75) is 27.7 Å². The van der Waals surface area contributed by atoms with Crippen molar-refractivity contribution < 1.29 is 4.79 Å². The molecule has 0 saturated heterocycles. The zero-order valence-electron chi connectivity index (χ0n) is 9.14. The maximum atomic E-state index is 11.6. The number of carbonyl (C=O) groups is 1. The van der Waals surface area contributed by atoms with Crippen molar-refractivity contribution in [2.75, 3.05) is 6.54 Å². The molecule has 0 aliphatic rings. The number of hydrogen-bond donors (Lipinski definition) is 2. The summed E-state index contributed by atoms with van der Waals surface area (Å²) < 4.78 is 0. The molecule has 0 aliphatic carbocycles. The second-order valence-electron chi connectivity index (χ2n) is 3.93. The number of nitrogens with one attached hydrogen (secondary N) is 2. The first kappa shape index (κ1) is 10.8. The van der Waals surface area contributed by atoms with Gasteiger partial charge in [0.2, 0.25) is 0 Å². The molecule has 4 heteroatoms. The van der Waals surface area contributed by atoms with Crippen LogP contribution in [-0.2, 0) is 0 Å². The quantitative estimate of drug-likeness (QED) is 0.766. The van der Waals surface area contributed by atoms with Gasteiger partial charge in [-0.1, -0.05) is 13.8 Å². The monoisotopic (exact) mass is 195 g/mol. The summed E-state index contributed by atoms with van der Waals surface area (Å²) >= 11 is 0. The van der Waals surface area contributed by atoms with Crippen LogP contribution in [0.25, 0.3) is 0 Å². The summed E-state index contributed by atoms with van der Waals surface area (Å²) in [6.45, 7) is 8.60. The number of H-pyrrole nitrogens is 1. The highest BCUT2D eigenvalue weighted by atomic mass is 16.1. The van der Waals surface area contributed by atoms with Crippen LogP contribution >= 0.6 is 0 Å². The van der Waals surface area contributed by atoms with E-state index in [1.54, 1.807) is 0 Å². The van der Waals surface area contributed by atoms with Crippen LogP contribution in [0, 0.1) is 19.8 Å². The van der Waals surface area contributed by atoms with E-state index in [4.69, 9.17) is 0 Å². The van der Waals surface area contributed by atoms with Crippen LogP contribution in [-0.4, -0.2) is 22.6 Å². The molecule has 4 nitrogen and oxygen atoms in total. The zero-order chi connectivity index (χ0) is 10.7. The molecule has 0 saturated carbocycles. The Kier molecular flexibility index (Phi) is 3.28. The highest BCUT2D eigenvalue weighted by Gasteiger charge is 2.13. The minimum Gasteiger partial charge on any atom is -0.350 e. The highest BCUT2D eigenvalue weighted by Crippen LogP contribution is 2.07. The fourth-order valence-corrected chi connectivity index (χ4v) is 1.09. The van der Waals surface area contributed by atoms with Crippen LogP contribution in [0.2, 0.25) is 0 Å². The van der Waals surface area contributed by atoms with Gasteiger partial charge in [-0.15, -0.1) is 0 Å². The average Bonchev–Trinajstić information content (AvgIpc) is 2.44. The van der Waals surface area contributed by atoms with Crippen LogP contribution in [0.4, 0.5) is 0 Å². The Morgan fingerprint density at radius 2 is 2.14 bits per heavy atom. The standard InChI is InChI=1S/C10H17N3O/c1-6(2)5-11-10(14)9-7(3)8(4)12-13-9/h6H,5H2,1-4H3,(H,11,14)(H,12,13). The van der Waals surface area contributed by atoms with E-state index < -0.39 is 0 Å². The molecule has 0 atom stereocenters. The number of aromatic amines is 1. The Hall–Kier alpha value is -1.32. The molecule has 0 unspecified atom stereocenters. The van der Waals surface area contributed by atoms with Crippen LogP contribution in [0.15, 0.2) is 0 Å². The molecule has 1 amide bonds. The molecule has 2 N–H and O–H groups in total. The lowest BCUT2D eigenvalue weighted by molar-refractivity contribution is 0.0943. The molecule has 0 aliphatic heterocycles. The molecule has 1 rings (SSSR count). The third kappa shape index (κ3) is 2.34. The second kappa shape index (κ2) is 4.26. The first-order valence-electron chi connectivity index (χ1n) is 4.82. The van der Waals surface area contributed by atoms with E-state index in [1.807, 2.05) is 13.8 Å². The van der Waals surface area contributed by atoms with Crippen LogP contribution < -0.4 is 5.32 Å². The van der Waals surface area contributed by atoms with Gasteiger partial charge in [-0.3, -0.25) is 9.89 Å².